The molecule has 0 heterocycles. The fourth-order valence-electron chi connectivity index (χ4n) is 1.90. The normalized spacial score (nSPS) is 11.0. The first-order chi connectivity index (χ1) is 10.8. The second kappa shape index (κ2) is 6.55. The summed E-state index contributed by atoms with van der Waals surface area (Å²) in [7, 11) is -3.77. The summed E-state index contributed by atoms with van der Waals surface area (Å²) in [5, 5.41) is 18.4. The number of nitro benzene ring substituents is 1. The smallest absolute Gasteiger partial charge is 0.282 e. The third kappa shape index (κ3) is 4.11. The number of benzene rings is 2. The van der Waals surface area contributed by atoms with Gasteiger partial charge in [0.1, 0.15) is 5.56 Å². The molecule has 0 aliphatic heterocycles. The van der Waals surface area contributed by atoms with Gasteiger partial charge in [0, 0.05) is 12.6 Å². The Morgan fingerprint density at radius 3 is 2.30 bits per heavy atom. The van der Waals surface area contributed by atoms with E-state index in [9.17, 15) is 23.3 Å². The van der Waals surface area contributed by atoms with E-state index < -0.39 is 20.9 Å². The number of primary sulfonamides is 1. The van der Waals surface area contributed by atoms with Crippen LogP contribution in [0.2, 0.25) is 0 Å². The van der Waals surface area contributed by atoms with Gasteiger partial charge in [-0.15, -0.1) is 0 Å². The van der Waals surface area contributed by atoms with Gasteiger partial charge in [0.15, 0.2) is 0 Å². The molecule has 0 bridgehead atoms. The van der Waals surface area contributed by atoms with Gasteiger partial charge in [-0.25, -0.2) is 13.6 Å². The average Bonchev–Trinajstić information content (AvgIpc) is 2.52. The highest BCUT2D eigenvalue weighted by Crippen LogP contribution is 2.17. The molecule has 23 heavy (non-hydrogen) atoms. The number of carbonyl (C=O) groups is 1. The molecule has 0 spiro atoms. The van der Waals surface area contributed by atoms with E-state index in [1.807, 2.05) is 0 Å². The molecule has 3 N–H and O–H groups in total. The van der Waals surface area contributed by atoms with Gasteiger partial charge in [-0.3, -0.25) is 14.9 Å². The monoisotopic (exact) mass is 335 g/mol. The maximum atomic E-state index is 12.0. The van der Waals surface area contributed by atoms with E-state index in [2.05, 4.69) is 5.32 Å². The van der Waals surface area contributed by atoms with Crippen LogP contribution in [-0.2, 0) is 16.6 Å². The van der Waals surface area contributed by atoms with E-state index in [1.54, 1.807) is 0 Å². The van der Waals surface area contributed by atoms with Crippen LogP contribution >= 0.6 is 0 Å². The first-order valence-corrected chi connectivity index (χ1v) is 7.97. The van der Waals surface area contributed by atoms with Gasteiger partial charge in [-0.1, -0.05) is 24.3 Å². The zero-order valence-electron chi connectivity index (χ0n) is 11.8. The van der Waals surface area contributed by atoms with E-state index in [0.717, 1.165) is 0 Å². The minimum absolute atomic E-state index is 0.0359. The van der Waals surface area contributed by atoms with Crippen molar-refractivity contribution in [2.45, 2.75) is 11.4 Å². The molecule has 0 fully saturated rings. The Morgan fingerprint density at radius 2 is 1.74 bits per heavy atom. The van der Waals surface area contributed by atoms with E-state index in [0.29, 0.717) is 5.56 Å². The Morgan fingerprint density at radius 1 is 1.13 bits per heavy atom. The number of nitro groups is 1. The second-order valence-electron chi connectivity index (χ2n) is 4.65. The Labute approximate surface area is 132 Å². The molecule has 2 rings (SSSR count). The standard InChI is InChI=1S/C14H13N3O5S/c15-23(21,22)11-7-5-10(6-8-11)9-16-14(18)12-3-1-2-4-13(12)17(19)20/h1-8H,9H2,(H,16,18)(H2,15,21,22). The molecular formula is C14H13N3O5S. The van der Waals surface area contributed by atoms with E-state index in [4.69, 9.17) is 5.14 Å². The molecule has 9 heteroatoms. The molecule has 0 aliphatic carbocycles. The summed E-state index contributed by atoms with van der Waals surface area (Å²) in [6.45, 7) is 0.0930. The summed E-state index contributed by atoms with van der Waals surface area (Å²) >= 11 is 0. The SMILES string of the molecule is NS(=O)(=O)c1ccc(CNC(=O)c2ccccc2[N+](=O)[O-])cc1. The minimum Gasteiger partial charge on any atom is -0.348 e. The molecule has 0 saturated carbocycles. The van der Waals surface area contributed by atoms with Crippen molar-refractivity contribution < 1.29 is 18.1 Å². The van der Waals surface area contributed by atoms with Crippen LogP contribution in [0.25, 0.3) is 0 Å². The quantitative estimate of drug-likeness (QED) is 0.625. The molecule has 0 aliphatic rings. The van der Waals surface area contributed by atoms with Crippen LogP contribution in [0.3, 0.4) is 0 Å². The number of nitrogens with two attached hydrogens (primary N) is 1. The van der Waals surface area contributed by atoms with Crippen LogP contribution in [0.4, 0.5) is 5.69 Å². The number of hydrogen-bond acceptors (Lipinski definition) is 5. The molecule has 0 unspecified atom stereocenters. The predicted molar refractivity (Wildman–Crippen MR) is 82.1 cm³/mol. The molecule has 0 atom stereocenters. The fourth-order valence-corrected chi connectivity index (χ4v) is 2.41. The lowest BCUT2D eigenvalue weighted by Gasteiger charge is -2.06. The lowest BCUT2D eigenvalue weighted by Crippen LogP contribution is -2.23. The van der Waals surface area contributed by atoms with Crippen molar-refractivity contribution in [3.05, 3.63) is 69.8 Å². The summed E-state index contributed by atoms with van der Waals surface area (Å²) in [4.78, 5) is 22.3. The molecule has 2 aromatic carbocycles. The van der Waals surface area contributed by atoms with Gasteiger partial charge < -0.3 is 5.32 Å². The van der Waals surface area contributed by atoms with Crippen molar-refractivity contribution in [2.24, 2.45) is 5.14 Å². The van der Waals surface area contributed by atoms with Crippen molar-refractivity contribution >= 4 is 21.6 Å². The Kier molecular flexibility index (Phi) is 4.72. The third-order valence-corrected chi connectivity index (χ3v) is 3.98. The minimum atomic E-state index is -3.77. The first kappa shape index (κ1) is 16.6. The van der Waals surface area contributed by atoms with Gasteiger partial charge >= 0.3 is 0 Å². The van der Waals surface area contributed by atoms with Gasteiger partial charge in [0.2, 0.25) is 10.0 Å². The van der Waals surface area contributed by atoms with Gasteiger partial charge in [0.25, 0.3) is 11.6 Å². The average molecular weight is 335 g/mol. The molecule has 2 aromatic rings. The molecule has 0 aromatic heterocycles. The number of carbonyl (C=O) groups excluding carboxylic acids is 1. The first-order valence-electron chi connectivity index (χ1n) is 6.42. The number of nitrogens with zero attached hydrogens (tertiary/aromatic N) is 1. The Bertz CT molecular complexity index is 847. The van der Waals surface area contributed by atoms with Crippen LogP contribution in [-0.4, -0.2) is 19.2 Å². The lowest BCUT2D eigenvalue weighted by atomic mass is 10.1. The highest BCUT2D eigenvalue weighted by atomic mass is 32.2. The summed E-state index contributed by atoms with van der Waals surface area (Å²) in [6.07, 6.45) is 0. The largest absolute Gasteiger partial charge is 0.348 e. The Hall–Kier alpha value is -2.78. The van der Waals surface area contributed by atoms with Crippen LogP contribution in [0.1, 0.15) is 15.9 Å². The zero-order chi connectivity index (χ0) is 17.0. The number of sulfonamides is 1. The van der Waals surface area contributed by atoms with Gasteiger partial charge in [-0.2, -0.15) is 0 Å². The van der Waals surface area contributed by atoms with Crippen LogP contribution in [0.15, 0.2) is 53.4 Å². The van der Waals surface area contributed by atoms with Gasteiger partial charge in [0.05, 0.1) is 9.82 Å². The number of nitrogens with one attached hydrogen (secondary N) is 1. The predicted octanol–water partition coefficient (Wildman–Crippen LogP) is 1.17. The maximum Gasteiger partial charge on any atom is 0.282 e. The van der Waals surface area contributed by atoms with Crippen LogP contribution < -0.4 is 10.5 Å². The number of para-hydroxylation sites is 1. The van der Waals surface area contributed by atoms with Crippen molar-refractivity contribution in [1.29, 1.82) is 0 Å². The van der Waals surface area contributed by atoms with Crippen molar-refractivity contribution in [3.8, 4) is 0 Å². The molecule has 1 amide bonds. The molecule has 0 radical (unpaired) electrons. The van der Waals surface area contributed by atoms with E-state index >= 15 is 0 Å². The molecule has 0 saturated heterocycles. The van der Waals surface area contributed by atoms with Crippen LogP contribution in [0.5, 0.6) is 0 Å². The second-order valence-corrected chi connectivity index (χ2v) is 6.21. The van der Waals surface area contributed by atoms with Gasteiger partial charge in [-0.05, 0) is 23.8 Å². The zero-order valence-corrected chi connectivity index (χ0v) is 12.6. The van der Waals surface area contributed by atoms with E-state index in [1.165, 1.54) is 48.5 Å². The van der Waals surface area contributed by atoms with Crippen molar-refractivity contribution in [2.75, 3.05) is 0 Å². The van der Waals surface area contributed by atoms with Crippen molar-refractivity contribution in [1.82, 2.24) is 5.32 Å². The summed E-state index contributed by atoms with van der Waals surface area (Å²) in [6, 6.07) is 11.2. The maximum absolute atomic E-state index is 12.0. The van der Waals surface area contributed by atoms with Crippen molar-refractivity contribution in [3.63, 3.8) is 0 Å². The summed E-state index contributed by atoms with van der Waals surface area (Å²) in [5.41, 5.74) is 0.303. The van der Waals surface area contributed by atoms with Crippen LogP contribution in [0, 0.1) is 10.1 Å². The lowest BCUT2D eigenvalue weighted by molar-refractivity contribution is -0.385. The molecule has 8 nitrogen and oxygen atoms in total. The number of hydrogen-bond donors (Lipinski definition) is 2. The summed E-state index contributed by atoms with van der Waals surface area (Å²) in [5.74, 6) is -0.590. The summed E-state index contributed by atoms with van der Waals surface area (Å²) < 4.78 is 22.3. The number of rotatable bonds is 5. The topological polar surface area (TPSA) is 132 Å². The fraction of sp³-hybridized carbons (Fsp3) is 0.0714. The Balaban J connectivity index is 2.09. The third-order valence-electron chi connectivity index (χ3n) is 3.05. The van der Waals surface area contributed by atoms with E-state index in [-0.39, 0.29) is 22.7 Å². The number of amides is 1. The molecular weight excluding hydrogens is 322 g/mol. The molecule has 120 valence electrons. The highest BCUT2D eigenvalue weighted by molar-refractivity contribution is 7.89. The highest BCUT2D eigenvalue weighted by Gasteiger charge is 2.18.